The van der Waals surface area contributed by atoms with Gasteiger partial charge in [0.1, 0.15) is 6.10 Å². The fourth-order valence-electron chi connectivity index (χ4n) is 2.14. The van der Waals surface area contributed by atoms with E-state index < -0.39 is 0 Å². The monoisotopic (exact) mass is 200 g/mol. The first kappa shape index (κ1) is 9.73. The SMILES string of the molecule is O=C1NC[C@H](CN2CCC[C@H]2CO)O1. The molecule has 0 aromatic rings. The summed E-state index contributed by atoms with van der Waals surface area (Å²) in [6.07, 6.45) is 1.80. The summed E-state index contributed by atoms with van der Waals surface area (Å²) < 4.78 is 5.04. The van der Waals surface area contributed by atoms with Gasteiger partial charge in [0.2, 0.25) is 0 Å². The highest BCUT2D eigenvalue weighted by atomic mass is 16.6. The maximum atomic E-state index is 10.8. The van der Waals surface area contributed by atoms with E-state index in [2.05, 4.69) is 10.2 Å². The lowest BCUT2D eigenvalue weighted by molar-refractivity contribution is 0.0879. The van der Waals surface area contributed by atoms with E-state index in [4.69, 9.17) is 9.84 Å². The fraction of sp³-hybridized carbons (Fsp3) is 0.889. The number of nitrogens with zero attached hydrogens (tertiary/aromatic N) is 1. The number of rotatable bonds is 3. The van der Waals surface area contributed by atoms with Crippen molar-refractivity contribution in [2.24, 2.45) is 0 Å². The van der Waals surface area contributed by atoms with Crippen LogP contribution < -0.4 is 5.32 Å². The summed E-state index contributed by atoms with van der Waals surface area (Å²) in [7, 11) is 0. The number of aliphatic hydroxyl groups excluding tert-OH is 1. The largest absolute Gasteiger partial charge is 0.443 e. The number of hydrogen-bond acceptors (Lipinski definition) is 4. The standard InChI is InChI=1S/C9H16N2O3/c12-6-7-2-1-3-11(7)5-8-4-10-9(13)14-8/h7-8,12H,1-6H2,(H,10,13)/t7-,8+/m0/s1. The molecule has 2 saturated heterocycles. The number of carbonyl (C=O) groups excluding carboxylic acids is 1. The van der Waals surface area contributed by atoms with Crippen molar-refractivity contribution in [3.05, 3.63) is 0 Å². The molecule has 14 heavy (non-hydrogen) atoms. The molecule has 0 spiro atoms. The van der Waals surface area contributed by atoms with E-state index in [1.165, 1.54) is 0 Å². The zero-order chi connectivity index (χ0) is 9.97. The first-order valence-corrected chi connectivity index (χ1v) is 5.09. The minimum Gasteiger partial charge on any atom is -0.443 e. The molecule has 5 nitrogen and oxygen atoms in total. The lowest BCUT2D eigenvalue weighted by Crippen LogP contribution is -2.39. The van der Waals surface area contributed by atoms with E-state index in [0.717, 1.165) is 25.9 Å². The smallest absolute Gasteiger partial charge is 0.407 e. The van der Waals surface area contributed by atoms with E-state index in [1.807, 2.05) is 0 Å². The minimum atomic E-state index is -0.324. The van der Waals surface area contributed by atoms with Crippen LogP contribution in [-0.4, -0.2) is 54.5 Å². The molecule has 2 heterocycles. The van der Waals surface area contributed by atoms with Crippen molar-refractivity contribution in [1.29, 1.82) is 0 Å². The molecule has 80 valence electrons. The number of carbonyl (C=O) groups is 1. The molecule has 0 aliphatic carbocycles. The average Bonchev–Trinajstić information content (AvgIpc) is 2.76. The van der Waals surface area contributed by atoms with Crippen LogP contribution in [0.2, 0.25) is 0 Å². The summed E-state index contributed by atoms with van der Waals surface area (Å²) >= 11 is 0. The van der Waals surface area contributed by atoms with Gasteiger partial charge in [-0.15, -0.1) is 0 Å². The third kappa shape index (κ3) is 1.99. The number of likely N-dealkylation sites (tertiary alicyclic amines) is 1. The predicted octanol–water partition coefficient (Wildman–Crippen LogP) is -0.449. The van der Waals surface area contributed by atoms with Crippen molar-refractivity contribution in [3.8, 4) is 0 Å². The van der Waals surface area contributed by atoms with Gasteiger partial charge in [0, 0.05) is 12.6 Å². The Bertz CT molecular complexity index is 222. The van der Waals surface area contributed by atoms with Crippen LogP contribution in [0, 0.1) is 0 Å². The van der Waals surface area contributed by atoms with Crippen LogP contribution in [0.3, 0.4) is 0 Å². The second kappa shape index (κ2) is 4.14. The van der Waals surface area contributed by atoms with Crippen LogP contribution in [0.25, 0.3) is 0 Å². The molecule has 0 radical (unpaired) electrons. The van der Waals surface area contributed by atoms with Gasteiger partial charge in [-0.25, -0.2) is 4.79 Å². The normalized spacial score (nSPS) is 33.1. The number of nitrogens with one attached hydrogen (secondary N) is 1. The summed E-state index contributed by atoms with van der Waals surface area (Å²) in [5.74, 6) is 0. The molecule has 0 aromatic heterocycles. The Morgan fingerprint density at radius 2 is 2.50 bits per heavy atom. The number of ether oxygens (including phenoxy) is 1. The van der Waals surface area contributed by atoms with Crippen LogP contribution in [0.15, 0.2) is 0 Å². The highest BCUT2D eigenvalue weighted by Crippen LogP contribution is 2.17. The molecule has 1 amide bonds. The van der Waals surface area contributed by atoms with Crippen molar-refractivity contribution in [2.75, 3.05) is 26.2 Å². The molecule has 2 aliphatic rings. The molecule has 2 aliphatic heterocycles. The highest BCUT2D eigenvalue weighted by molar-refractivity contribution is 5.69. The van der Waals surface area contributed by atoms with Crippen LogP contribution in [0.4, 0.5) is 4.79 Å². The van der Waals surface area contributed by atoms with Gasteiger partial charge in [0.25, 0.3) is 0 Å². The maximum absolute atomic E-state index is 10.8. The predicted molar refractivity (Wildman–Crippen MR) is 50.0 cm³/mol. The Kier molecular flexibility index (Phi) is 2.88. The van der Waals surface area contributed by atoms with Crippen molar-refractivity contribution >= 4 is 6.09 Å². The van der Waals surface area contributed by atoms with Crippen LogP contribution in [-0.2, 0) is 4.74 Å². The highest BCUT2D eigenvalue weighted by Gasteiger charge is 2.30. The summed E-state index contributed by atoms with van der Waals surface area (Å²) in [6, 6.07) is 0.259. The van der Waals surface area contributed by atoms with Crippen LogP contribution >= 0.6 is 0 Å². The van der Waals surface area contributed by atoms with Crippen molar-refractivity contribution in [3.63, 3.8) is 0 Å². The number of amides is 1. The Morgan fingerprint density at radius 3 is 3.14 bits per heavy atom. The van der Waals surface area contributed by atoms with E-state index in [9.17, 15) is 4.79 Å². The maximum Gasteiger partial charge on any atom is 0.407 e. The van der Waals surface area contributed by atoms with Crippen LogP contribution in [0.5, 0.6) is 0 Å². The van der Waals surface area contributed by atoms with Gasteiger partial charge in [-0.05, 0) is 19.4 Å². The topological polar surface area (TPSA) is 61.8 Å². The van der Waals surface area contributed by atoms with Gasteiger partial charge < -0.3 is 15.2 Å². The first-order chi connectivity index (χ1) is 6.79. The summed E-state index contributed by atoms with van der Waals surface area (Å²) in [5.41, 5.74) is 0. The minimum absolute atomic E-state index is 0.0466. The molecule has 5 heteroatoms. The van der Waals surface area contributed by atoms with E-state index in [1.54, 1.807) is 0 Å². The zero-order valence-electron chi connectivity index (χ0n) is 8.11. The molecule has 2 rings (SSSR count). The van der Waals surface area contributed by atoms with Crippen molar-refractivity contribution < 1.29 is 14.6 Å². The van der Waals surface area contributed by atoms with Gasteiger partial charge in [-0.1, -0.05) is 0 Å². The Balaban J connectivity index is 1.81. The lowest BCUT2D eigenvalue weighted by Gasteiger charge is -2.24. The molecule has 2 atom stereocenters. The third-order valence-corrected chi connectivity index (χ3v) is 2.90. The van der Waals surface area contributed by atoms with E-state index in [-0.39, 0.29) is 24.8 Å². The van der Waals surface area contributed by atoms with E-state index in [0.29, 0.717) is 6.54 Å². The quantitative estimate of drug-likeness (QED) is 0.648. The second-order valence-electron chi connectivity index (χ2n) is 3.88. The Labute approximate surface area is 83.0 Å². The number of cyclic esters (lactones) is 1. The average molecular weight is 200 g/mol. The molecular weight excluding hydrogens is 184 g/mol. The number of alkyl carbamates (subject to hydrolysis) is 1. The first-order valence-electron chi connectivity index (χ1n) is 5.09. The number of aliphatic hydroxyl groups is 1. The zero-order valence-corrected chi connectivity index (χ0v) is 8.11. The molecule has 0 unspecified atom stereocenters. The Morgan fingerprint density at radius 1 is 1.64 bits per heavy atom. The molecule has 0 bridgehead atoms. The van der Waals surface area contributed by atoms with Gasteiger partial charge in [-0.3, -0.25) is 4.90 Å². The lowest BCUT2D eigenvalue weighted by atomic mass is 10.2. The second-order valence-corrected chi connectivity index (χ2v) is 3.88. The van der Waals surface area contributed by atoms with Crippen molar-refractivity contribution in [1.82, 2.24) is 10.2 Å². The molecule has 0 aromatic carbocycles. The summed E-state index contributed by atoms with van der Waals surface area (Å²) in [4.78, 5) is 13.0. The van der Waals surface area contributed by atoms with Crippen molar-refractivity contribution in [2.45, 2.75) is 25.0 Å². The summed E-state index contributed by atoms with van der Waals surface area (Å²) in [6.45, 7) is 2.53. The van der Waals surface area contributed by atoms with Gasteiger partial charge in [-0.2, -0.15) is 0 Å². The molecular formula is C9H16N2O3. The fourth-order valence-corrected chi connectivity index (χ4v) is 2.14. The van der Waals surface area contributed by atoms with Gasteiger partial charge in [0.15, 0.2) is 0 Å². The molecule has 0 saturated carbocycles. The molecule has 2 N–H and O–H groups in total. The summed E-state index contributed by atoms with van der Waals surface area (Å²) in [5, 5.41) is 11.7. The Hall–Kier alpha value is -0.810. The van der Waals surface area contributed by atoms with E-state index >= 15 is 0 Å². The third-order valence-electron chi connectivity index (χ3n) is 2.90. The molecule has 2 fully saturated rings. The number of hydrogen-bond donors (Lipinski definition) is 2. The van der Waals surface area contributed by atoms with Gasteiger partial charge >= 0.3 is 6.09 Å². The van der Waals surface area contributed by atoms with Crippen LogP contribution in [0.1, 0.15) is 12.8 Å². The van der Waals surface area contributed by atoms with Gasteiger partial charge in [0.05, 0.1) is 13.2 Å².